The van der Waals surface area contributed by atoms with Crippen molar-refractivity contribution >= 4 is 5.96 Å². The smallest absolute Gasteiger partial charge is 0.194 e. The minimum atomic E-state index is -0.562. The summed E-state index contributed by atoms with van der Waals surface area (Å²) < 4.78 is 5.14. The molecule has 1 saturated heterocycles. The quantitative estimate of drug-likeness (QED) is 0.617. The molecule has 1 aliphatic carbocycles. The van der Waals surface area contributed by atoms with Gasteiger partial charge in [-0.05, 0) is 33.1 Å². The second-order valence-electron chi connectivity index (χ2n) is 6.94. The lowest BCUT2D eigenvalue weighted by atomic mass is 9.80. The Balaban J connectivity index is 1.51. The largest absolute Gasteiger partial charge is 0.388 e. The van der Waals surface area contributed by atoms with E-state index in [1.54, 1.807) is 0 Å². The van der Waals surface area contributed by atoms with Crippen LogP contribution >= 0.6 is 0 Å². The molecule has 2 heterocycles. The van der Waals surface area contributed by atoms with Crippen molar-refractivity contribution in [1.29, 1.82) is 0 Å². The Morgan fingerprint density at radius 2 is 2.12 bits per heavy atom. The van der Waals surface area contributed by atoms with Crippen LogP contribution in [0.1, 0.15) is 37.6 Å². The summed E-state index contributed by atoms with van der Waals surface area (Å²) in [6.45, 7) is 9.99. The summed E-state index contributed by atoms with van der Waals surface area (Å²) in [7, 11) is 0. The maximum atomic E-state index is 10.3. The predicted molar refractivity (Wildman–Crippen MR) is 92.9 cm³/mol. The molecule has 1 aromatic heterocycles. The van der Waals surface area contributed by atoms with Crippen LogP contribution in [0.15, 0.2) is 15.6 Å². The highest BCUT2D eigenvalue weighted by molar-refractivity contribution is 5.80. The number of aromatic nitrogens is 1. The lowest BCUT2D eigenvalue weighted by Crippen LogP contribution is -2.52. The predicted octanol–water partition coefficient (Wildman–Crippen LogP) is 0.981. The van der Waals surface area contributed by atoms with Crippen molar-refractivity contribution < 1.29 is 9.63 Å². The SMILES string of the molecule is CCNC(=NCC1(O)CCC1)N1CCN(Cc2cc(C)on2)CC1. The molecule has 3 rings (SSSR count). The van der Waals surface area contributed by atoms with Crippen molar-refractivity contribution in [2.24, 2.45) is 4.99 Å². The molecule has 2 N–H and O–H groups in total. The number of aryl methyl sites for hydroxylation is 1. The molecule has 0 spiro atoms. The van der Waals surface area contributed by atoms with Gasteiger partial charge in [0.15, 0.2) is 5.96 Å². The number of aliphatic hydroxyl groups is 1. The van der Waals surface area contributed by atoms with Crippen LogP contribution in [-0.2, 0) is 6.54 Å². The number of rotatable bonds is 5. The molecule has 0 radical (unpaired) electrons. The molecule has 0 aromatic carbocycles. The van der Waals surface area contributed by atoms with Crippen LogP contribution in [0.5, 0.6) is 0 Å². The lowest BCUT2D eigenvalue weighted by molar-refractivity contribution is -0.0238. The molecule has 1 saturated carbocycles. The molecule has 24 heavy (non-hydrogen) atoms. The van der Waals surface area contributed by atoms with Crippen LogP contribution in [0.2, 0.25) is 0 Å². The first-order valence-electron chi connectivity index (χ1n) is 8.98. The molecule has 134 valence electrons. The third kappa shape index (κ3) is 4.27. The highest BCUT2D eigenvalue weighted by Crippen LogP contribution is 2.31. The monoisotopic (exact) mass is 335 g/mol. The molecule has 0 bridgehead atoms. The molecule has 2 fully saturated rings. The Morgan fingerprint density at radius 3 is 2.67 bits per heavy atom. The Labute approximate surface area is 143 Å². The average molecular weight is 335 g/mol. The molecule has 1 aliphatic heterocycles. The fourth-order valence-electron chi connectivity index (χ4n) is 3.23. The van der Waals surface area contributed by atoms with E-state index >= 15 is 0 Å². The number of guanidine groups is 1. The van der Waals surface area contributed by atoms with Gasteiger partial charge in [-0.25, -0.2) is 0 Å². The van der Waals surface area contributed by atoms with E-state index in [4.69, 9.17) is 4.52 Å². The van der Waals surface area contributed by atoms with Gasteiger partial charge in [0.05, 0.1) is 17.8 Å². The topological polar surface area (TPSA) is 77.1 Å². The van der Waals surface area contributed by atoms with Gasteiger partial charge in [-0.3, -0.25) is 9.89 Å². The molecule has 1 aromatic rings. The number of hydrogen-bond donors (Lipinski definition) is 2. The number of piperazine rings is 1. The second kappa shape index (κ2) is 7.53. The van der Waals surface area contributed by atoms with Crippen molar-refractivity contribution in [3.63, 3.8) is 0 Å². The Hall–Kier alpha value is -1.60. The van der Waals surface area contributed by atoms with Crippen LogP contribution in [-0.4, -0.2) is 70.9 Å². The first-order valence-corrected chi connectivity index (χ1v) is 8.98. The molecule has 0 unspecified atom stereocenters. The summed E-state index contributed by atoms with van der Waals surface area (Å²) in [5.74, 6) is 1.79. The first-order chi connectivity index (χ1) is 11.6. The van der Waals surface area contributed by atoms with Gasteiger partial charge in [0.2, 0.25) is 0 Å². The van der Waals surface area contributed by atoms with Gasteiger partial charge in [0.25, 0.3) is 0 Å². The molecule has 0 amide bonds. The van der Waals surface area contributed by atoms with Gasteiger partial charge in [0.1, 0.15) is 5.76 Å². The van der Waals surface area contributed by atoms with Crippen molar-refractivity contribution in [3.05, 3.63) is 17.5 Å². The number of nitrogens with one attached hydrogen (secondary N) is 1. The highest BCUT2D eigenvalue weighted by Gasteiger charge is 2.34. The molecular weight excluding hydrogens is 306 g/mol. The summed E-state index contributed by atoms with van der Waals surface area (Å²) in [6, 6.07) is 2.00. The molecular formula is C17H29N5O2. The van der Waals surface area contributed by atoms with Crippen LogP contribution < -0.4 is 5.32 Å². The van der Waals surface area contributed by atoms with E-state index in [0.29, 0.717) is 6.54 Å². The maximum Gasteiger partial charge on any atom is 0.194 e. The summed E-state index contributed by atoms with van der Waals surface area (Å²) in [6.07, 6.45) is 2.87. The standard InChI is InChI=1S/C17H29N5O2/c1-3-18-16(19-13-17(23)5-4-6-17)22-9-7-21(8-10-22)12-15-11-14(2)24-20-15/h11,23H,3-10,12-13H2,1-2H3,(H,18,19). The molecule has 7 nitrogen and oxygen atoms in total. The summed E-state index contributed by atoms with van der Waals surface area (Å²) in [5.41, 5.74) is 0.432. The van der Waals surface area contributed by atoms with Gasteiger partial charge in [-0.15, -0.1) is 0 Å². The zero-order valence-electron chi connectivity index (χ0n) is 14.8. The van der Waals surface area contributed by atoms with Crippen LogP contribution in [0.4, 0.5) is 0 Å². The Morgan fingerprint density at radius 1 is 1.38 bits per heavy atom. The van der Waals surface area contributed by atoms with E-state index in [2.05, 4.69) is 32.2 Å². The number of hydrogen-bond acceptors (Lipinski definition) is 5. The fourth-order valence-corrected chi connectivity index (χ4v) is 3.23. The third-order valence-corrected chi connectivity index (χ3v) is 4.88. The zero-order valence-corrected chi connectivity index (χ0v) is 14.8. The number of nitrogens with zero attached hydrogens (tertiary/aromatic N) is 4. The first kappa shape index (κ1) is 17.2. The lowest BCUT2D eigenvalue weighted by Gasteiger charge is -2.38. The van der Waals surface area contributed by atoms with Crippen molar-refractivity contribution in [1.82, 2.24) is 20.3 Å². The summed E-state index contributed by atoms with van der Waals surface area (Å²) in [5, 5.41) is 17.7. The number of aliphatic imine (C=N–C) groups is 1. The molecule has 2 aliphatic rings. The van der Waals surface area contributed by atoms with E-state index < -0.39 is 5.60 Å². The van der Waals surface area contributed by atoms with Crippen molar-refractivity contribution in [2.45, 2.75) is 45.3 Å². The van der Waals surface area contributed by atoms with Crippen molar-refractivity contribution in [2.75, 3.05) is 39.3 Å². The van der Waals surface area contributed by atoms with E-state index in [0.717, 1.165) is 75.9 Å². The third-order valence-electron chi connectivity index (χ3n) is 4.88. The minimum absolute atomic E-state index is 0.508. The van der Waals surface area contributed by atoms with E-state index in [1.165, 1.54) is 0 Å². The van der Waals surface area contributed by atoms with Crippen LogP contribution in [0, 0.1) is 6.92 Å². The normalized spacial score (nSPS) is 21.6. The second-order valence-corrected chi connectivity index (χ2v) is 6.94. The summed E-state index contributed by atoms with van der Waals surface area (Å²) >= 11 is 0. The van der Waals surface area contributed by atoms with Gasteiger partial charge in [-0.2, -0.15) is 0 Å². The average Bonchev–Trinajstić information content (AvgIpc) is 2.95. The van der Waals surface area contributed by atoms with Gasteiger partial charge >= 0.3 is 0 Å². The molecule has 0 atom stereocenters. The fraction of sp³-hybridized carbons (Fsp3) is 0.765. The Kier molecular flexibility index (Phi) is 5.40. The van der Waals surface area contributed by atoms with Gasteiger partial charge in [0, 0.05) is 45.3 Å². The summed E-state index contributed by atoms with van der Waals surface area (Å²) in [4.78, 5) is 9.35. The van der Waals surface area contributed by atoms with E-state index in [1.807, 2.05) is 13.0 Å². The van der Waals surface area contributed by atoms with Crippen LogP contribution in [0.25, 0.3) is 0 Å². The minimum Gasteiger partial charge on any atom is -0.388 e. The van der Waals surface area contributed by atoms with Gasteiger partial charge < -0.3 is 19.8 Å². The van der Waals surface area contributed by atoms with Gasteiger partial charge in [-0.1, -0.05) is 5.16 Å². The van der Waals surface area contributed by atoms with Crippen molar-refractivity contribution in [3.8, 4) is 0 Å². The van der Waals surface area contributed by atoms with E-state index in [-0.39, 0.29) is 0 Å². The molecule has 7 heteroatoms. The van der Waals surface area contributed by atoms with Crippen LogP contribution in [0.3, 0.4) is 0 Å². The Bertz CT molecular complexity index is 559. The zero-order chi connectivity index (χ0) is 17.0. The van der Waals surface area contributed by atoms with E-state index in [9.17, 15) is 5.11 Å². The highest BCUT2D eigenvalue weighted by atomic mass is 16.5. The maximum absolute atomic E-state index is 10.3.